The minimum atomic E-state index is -0.804. The summed E-state index contributed by atoms with van der Waals surface area (Å²) in [4.78, 5) is 12.0. The minimum Gasteiger partial charge on any atom is -0.247 e. The summed E-state index contributed by atoms with van der Waals surface area (Å²) in [5.41, 5.74) is -0.606. The number of hydrogen-bond acceptors (Lipinski definition) is 1. The van der Waals surface area contributed by atoms with Gasteiger partial charge in [0, 0.05) is 0 Å². The second kappa shape index (κ2) is 16.6. The first kappa shape index (κ1) is 25.5. The normalized spacial score (nSPS) is 13.1. The second-order valence-electron chi connectivity index (χ2n) is 8.31. The standard InChI is InChI=1S/C24H47O2/c1-5-9-11-13-15-17-19-21-22(20-18-16-14-12-10-6-2)24(7-3,8-4)23(25)26/h22H,5-21H2,1-4H3. The van der Waals surface area contributed by atoms with Crippen LogP contribution in [0.3, 0.4) is 0 Å². The maximum Gasteiger partial charge on any atom is 0.361 e. The van der Waals surface area contributed by atoms with E-state index in [4.69, 9.17) is 0 Å². The predicted octanol–water partition coefficient (Wildman–Crippen LogP) is 8.26. The highest BCUT2D eigenvalue weighted by molar-refractivity contribution is 5.74. The Bertz CT molecular complexity index is 320. The molecular weight excluding hydrogens is 320 g/mol. The van der Waals surface area contributed by atoms with Crippen LogP contribution in [-0.4, -0.2) is 5.97 Å². The SMILES string of the molecule is CCCCCCCCCC(CCCCCCCC)C(CC)(CC)C([O])=O. The van der Waals surface area contributed by atoms with Gasteiger partial charge in [-0.25, -0.2) is 9.90 Å². The lowest BCUT2D eigenvalue weighted by Crippen LogP contribution is -2.37. The van der Waals surface area contributed by atoms with Crippen molar-refractivity contribution in [3.63, 3.8) is 0 Å². The van der Waals surface area contributed by atoms with Gasteiger partial charge in [-0.2, -0.15) is 0 Å². The monoisotopic (exact) mass is 367 g/mol. The van der Waals surface area contributed by atoms with Gasteiger partial charge < -0.3 is 0 Å². The summed E-state index contributed by atoms with van der Waals surface area (Å²) in [5.74, 6) is -0.509. The Morgan fingerprint density at radius 1 is 0.615 bits per heavy atom. The summed E-state index contributed by atoms with van der Waals surface area (Å²) < 4.78 is 0. The molecule has 0 aromatic carbocycles. The third-order valence-electron chi connectivity index (χ3n) is 6.51. The third kappa shape index (κ3) is 9.97. The van der Waals surface area contributed by atoms with Gasteiger partial charge in [0.1, 0.15) is 0 Å². The molecule has 0 bridgehead atoms. The van der Waals surface area contributed by atoms with E-state index in [2.05, 4.69) is 13.8 Å². The molecule has 0 aliphatic rings. The fourth-order valence-corrected chi connectivity index (χ4v) is 4.50. The molecule has 0 spiro atoms. The molecule has 0 aromatic heterocycles. The van der Waals surface area contributed by atoms with Crippen LogP contribution in [0.1, 0.15) is 137 Å². The minimum absolute atomic E-state index is 0.296. The summed E-state index contributed by atoms with van der Waals surface area (Å²) >= 11 is 0. The van der Waals surface area contributed by atoms with Crippen molar-refractivity contribution in [2.24, 2.45) is 11.3 Å². The van der Waals surface area contributed by atoms with Crippen LogP contribution in [0.15, 0.2) is 0 Å². The van der Waals surface area contributed by atoms with E-state index in [1.165, 1.54) is 83.5 Å². The molecule has 1 radical (unpaired) electrons. The van der Waals surface area contributed by atoms with Gasteiger partial charge in [-0.3, -0.25) is 0 Å². The predicted molar refractivity (Wildman–Crippen MR) is 113 cm³/mol. The fourth-order valence-electron chi connectivity index (χ4n) is 4.50. The molecule has 0 rings (SSSR count). The van der Waals surface area contributed by atoms with E-state index in [1.807, 2.05) is 13.8 Å². The lowest BCUT2D eigenvalue weighted by atomic mass is 9.67. The molecule has 2 heteroatoms. The van der Waals surface area contributed by atoms with Gasteiger partial charge in [0.2, 0.25) is 0 Å². The highest BCUT2D eigenvalue weighted by Crippen LogP contribution is 2.42. The van der Waals surface area contributed by atoms with E-state index in [-0.39, 0.29) is 0 Å². The Hall–Kier alpha value is -0.530. The number of hydrogen-bond donors (Lipinski definition) is 0. The number of unbranched alkanes of at least 4 members (excludes halogenated alkanes) is 11. The van der Waals surface area contributed by atoms with Gasteiger partial charge in [0.25, 0.3) is 0 Å². The van der Waals surface area contributed by atoms with E-state index in [0.29, 0.717) is 18.8 Å². The summed E-state index contributed by atoms with van der Waals surface area (Å²) in [6, 6.07) is 0. The summed E-state index contributed by atoms with van der Waals surface area (Å²) in [7, 11) is 0. The van der Waals surface area contributed by atoms with Crippen LogP contribution in [0.5, 0.6) is 0 Å². The smallest absolute Gasteiger partial charge is 0.247 e. The molecule has 0 heterocycles. The van der Waals surface area contributed by atoms with Crippen LogP contribution in [0.4, 0.5) is 0 Å². The Kier molecular flexibility index (Phi) is 16.3. The molecule has 1 unspecified atom stereocenters. The van der Waals surface area contributed by atoms with Crippen molar-refractivity contribution in [1.29, 1.82) is 0 Å². The summed E-state index contributed by atoms with van der Waals surface area (Å²) in [5, 5.41) is 12.0. The molecule has 0 aliphatic heterocycles. The Morgan fingerprint density at radius 2 is 0.962 bits per heavy atom. The molecule has 0 aliphatic carbocycles. The molecule has 0 fully saturated rings. The third-order valence-corrected chi connectivity index (χ3v) is 6.51. The van der Waals surface area contributed by atoms with E-state index < -0.39 is 11.4 Å². The van der Waals surface area contributed by atoms with Gasteiger partial charge in [-0.15, -0.1) is 0 Å². The lowest BCUT2D eigenvalue weighted by molar-refractivity contribution is -0.160. The Labute approximate surface area is 164 Å². The van der Waals surface area contributed by atoms with E-state index >= 15 is 0 Å². The maximum absolute atomic E-state index is 12.0. The van der Waals surface area contributed by atoms with Gasteiger partial charge in [-0.05, 0) is 31.6 Å². The van der Waals surface area contributed by atoms with Crippen molar-refractivity contribution in [2.75, 3.05) is 0 Å². The Morgan fingerprint density at radius 3 is 1.27 bits per heavy atom. The number of carbonyl (C=O) groups is 1. The van der Waals surface area contributed by atoms with Crippen molar-refractivity contribution in [3.05, 3.63) is 0 Å². The van der Waals surface area contributed by atoms with Crippen LogP contribution < -0.4 is 0 Å². The molecule has 155 valence electrons. The van der Waals surface area contributed by atoms with E-state index in [0.717, 1.165) is 12.8 Å². The van der Waals surface area contributed by atoms with E-state index in [1.54, 1.807) is 0 Å². The first-order valence-corrected chi connectivity index (χ1v) is 11.8. The average Bonchev–Trinajstić information content (AvgIpc) is 2.64. The first-order chi connectivity index (χ1) is 12.6. The average molecular weight is 368 g/mol. The van der Waals surface area contributed by atoms with Crippen molar-refractivity contribution in [1.82, 2.24) is 0 Å². The highest BCUT2D eigenvalue weighted by atomic mass is 16.4. The van der Waals surface area contributed by atoms with Crippen LogP contribution >= 0.6 is 0 Å². The van der Waals surface area contributed by atoms with Crippen LogP contribution in [0.2, 0.25) is 0 Å². The molecule has 0 N–H and O–H groups in total. The van der Waals surface area contributed by atoms with Crippen molar-refractivity contribution in [2.45, 2.75) is 137 Å². The molecular formula is C24H47O2. The largest absolute Gasteiger partial charge is 0.361 e. The van der Waals surface area contributed by atoms with Gasteiger partial charge in [0.15, 0.2) is 0 Å². The fraction of sp³-hybridized carbons (Fsp3) is 0.958. The molecule has 0 amide bonds. The summed E-state index contributed by atoms with van der Waals surface area (Å²) in [6.45, 7) is 8.58. The maximum atomic E-state index is 12.0. The Balaban J connectivity index is 4.46. The zero-order chi connectivity index (χ0) is 19.7. The molecule has 2 nitrogen and oxygen atoms in total. The van der Waals surface area contributed by atoms with E-state index in [9.17, 15) is 9.90 Å². The van der Waals surface area contributed by atoms with Crippen LogP contribution in [0, 0.1) is 11.3 Å². The molecule has 0 saturated heterocycles. The quantitative estimate of drug-likeness (QED) is 0.212. The molecule has 0 aromatic rings. The summed E-state index contributed by atoms with van der Waals surface area (Å²) in [6.07, 6.45) is 20.3. The van der Waals surface area contributed by atoms with Crippen molar-refractivity contribution >= 4 is 5.97 Å². The van der Waals surface area contributed by atoms with Gasteiger partial charge >= 0.3 is 5.97 Å². The zero-order valence-corrected chi connectivity index (χ0v) is 18.4. The van der Waals surface area contributed by atoms with Gasteiger partial charge in [-0.1, -0.05) is 111 Å². The second-order valence-corrected chi connectivity index (χ2v) is 8.31. The molecule has 0 saturated carbocycles. The number of carbonyl (C=O) groups excluding carboxylic acids is 1. The van der Waals surface area contributed by atoms with Crippen LogP contribution in [-0.2, 0) is 9.90 Å². The topological polar surface area (TPSA) is 37.0 Å². The van der Waals surface area contributed by atoms with Gasteiger partial charge in [0.05, 0.1) is 5.41 Å². The number of rotatable bonds is 19. The lowest BCUT2D eigenvalue weighted by Gasteiger charge is -2.35. The highest BCUT2D eigenvalue weighted by Gasteiger charge is 2.43. The molecule has 1 atom stereocenters. The van der Waals surface area contributed by atoms with Crippen molar-refractivity contribution in [3.8, 4) is 0 Å². The first-order valence-electron chi connectivity index (χ1n) is 11.8. The van der Waals surface area contributed by atoms with Crippen LogP contribution in [0.25, 0.3) is 0 Å². The zero-order valence-electron chi connectivity index (χ0n) is 18.4. The van der Waals surface area contributed by atoms with Crippen molar-refractivity contribution < 1.29 is 9.90 Å². The molecule has 26 heavy (non-hydrogen) atoms.